The Balaban J connectivity index is 1.44. The van der Waals surface area contributed by atoms with Crippen LogP contribution in [-0.4, -0.2) is 47.8 Å². The molecule has 1 amide bonds. The fraction of sp³-hybridized carbons (Fsp3) is 0.400. The first-order valence-electron chi connectivity index (χ1n) is 8.91. The molecule has 0 unspecified atom stereocenters. The van der Waals surface area contributed by atoms with Crippen molar-refractivity contribution in [2.24, 2.45) is 0 Å². The second-order valence-electron chi connectivity index (χ2n) is 6.29. The van der Waals surface area contributed by atoms with Crippen molar-refractivity contribution in [3.8, 4) is 0 Å². The average Bonchev–Trinajstić information content (AvgIpc) is 2.69. The summed E-state index contributed by atoms with van der Waals surface area (Å²) in [5, 5.41) is 3.04. The molecule has 1 aliphatic rings. The topological polar surface area (TPSA) is 54.5 Å². The van der Waals surface area contributed by atoms with E-state index in [-0.39, 0.29) is 5.91 Å². The van der Waals surface area contributed by atoms with Crippen LogP contribution in [0.2, 0.25) is 0 Å². The molecule has 26 heavy (non-hydrogen) atoms. The number of pyridine rings is 1. The highest BCUT2D eigenvalue weighted by atomic mass is 32.2. The van der Waals surface area contributed by atoms with Gasteiger partial charge < -0.3 is 10.1 Å². The van der Waals surface area contributed by atoms with Gasteiger partial charge in [-0.25, -0.2) is 0 Å². The molecule has 5 nitrogen and oxygen atoms in total. The van der Waals surface area contributed by atoms with Gasteiger partial charge >= 0.3 is 0 Å². The number of hydrogen-bond donors (Lipinski definition) is 1. The standard InChI is InChI=1S/C20H25N3O2S/c24-20(16-26-15-17-4-3-7-21-12-17)22-13-18-5-1-2-6-19(18)14-23-8-10-25-11-9-23/h1-7,12H,8-11,13-16H2,(H,22,24). The van der Waals surface area contributed by atoms with Crippen molar-refractivity contribution in [1.29, 1.82) is 0 Å². The van der Waals surface area contributed by atoms with Crippen molar-refractivity contribution in [2.45, 2.75) is 18.8 Å². The molecule has 1 saturated heterocycles. The number of amides is 1. The zero-order valence-corrected chi connectivity index (χ0v) is 15.7. The van der Waals surface area contributed by atoms with Crippen molar-refractivity contribution < 1.29 is 9.53 Å². The van der Waals surface area contributed by atoms with Gasteiger partial charge in [-0.1, -0.05) is 30.3 Å². The number of morpholine rings is 1. The highest BCUT2D eigenvalue weighted by Gasteiger charge is 2.13. The summed E-state index contributed by atoms with van der Waals surface area (Å²) in [7, 11) is 0. The number of rotatable bonds is 8. The van der Waals surface area contributed by atoms with Gasteiger partial charge in [-0.3, -0.25) is 14.7 Å². The first kappa shape index (κ1) is 18.9. The lowest BCUT2D eigenvalue weighted by Crippen LogP contribution is -2.36. The predicted molar refractivity (Wildman–Crippen MR) is 105 cm³/mol. The summed E-state index contributed by atoms with van der Waals surface area (Å²) in [4.78, 5) is 18.6. The zero-order chi connectivity index (χ0) is 18.0. The molecule has 1 aromatic heterocycles. The first-order valence-corrected chi connectivity index (χ1v) is 10.1. The van der Waals surface area contributed by atoms with E-state index in [0.717, 1.165) is 44.2 Å². The molecule has 6 heteroatoms. The number of aromatic nitrogens is 1. The van der Waals surface area contributed by atoms with E-state index in [0.29, 0.717) is 12.3 Å². The minimum atomic E-state index is 0.0695. The highest BCUT2D eigenvalue weighted by Crippen LogP contribution is 2.14. The van der Waals surface area contributed by atoms with E-state index < -0.39 is 0 Å². The van der Waals surface area contributed by atoms with E-state index in [1.165, 1.54) is 11.1 Å². The molecule has 0 saturated carbocycles. The van der Waals surface area contributed by atoms with Gasteiger partial charge in [0, 0.05) is 44.3 Å². The number of carbonyl (C=O) groups is 1. The van der Waals surface area contributed by atoms with Crippen molar-refractivity contribution in [3.63, 3.8) is 0 Å². The smallest absolute Gasteiger partial charge is 0.230 e. The fourth-order valence-corrected chi connectivity index (χ4v) is 3.67. The summed E-state index contributed by atoms with van der Waals surface area (Å²) in [5.41, 5.74) is 3.60. The van der Waals surface area contributed by atoms with E-state index >= 15 is 0 Å². The van der Waals surface area contributed by atoms with Gasteiger partial charge in [0.15, 0.2) is 0 Å². The summed E-state index contributed by atoms with van der Waals surface area (Å²) in [6.45, 7) is 5.01. The Morgan fingerprint density at radius 1 is 1.15 bits per heavy atom. The molecular weight excluding hydrogens is 346 g/mol. The molecule has 0 radical (unpaired) electrons. The lowest BCUT2D eigenvalue weighted by atomic mass is 10.1. The van der Waals surface area contributed by atoms with Crippen LogP contribution in [0.3, 0.4) is 0 Å². The van der Waals surface area contributed by atoms with Gasteiger partial charge in [0.1, 0.15) is 0 Å². The SMILES string of the molecule is O=C(CSCc1cccnc1)NCc1ccccc1CN1CCOCC1. The van der Waals surface area contributed by atoms with E-state index in [1.807, 2.05) is 24.4 Å². The molecule has 2 heterocycles. The van der Waals surface area contributed by atoms with Gasteiger partial charge in [-0.2, -0.15) is 0 Å². The maximum atomic E-state index is 12.1. The van der Waals surface area contributed by atoms with Crippen molar-refractivity contribution in [2.75, 3.05) is 32.1 Å². The third-order valence-electron chi connectivity index (χ3n) is 4.32. The van der Waals surface area contributed by atoms with E-state index in [2.05, 4.69) is 33.4 Å². The maximum Gasteiger partial charge on any atom is 0.230 e. The van der Waals surface area contributed by atoms with Crippen LogP contribution in [0.25, 0.3) is 0 Å². The molecule has 138 valence electrons. The Morgan fingerprint density at radius 2 is 1.96 bits per heavy atom. The summed E-state index contributed by atoms with van der Waals surface area (Å²) in [6, 6.07) is 12.3. The second kappa shape index (κ2) is 10.3. The number of ether oxygens (including phenoxy) is 1. The van der Waals surface area contributed by atoms with Gasteiger partial charge in [0.05, 0.1) is 19.0 Å². The second-order valence-corrected chi connectivity index (χ2v) is 7.27. The molecule has 1 fully saturated rings. The van der Waals surface area contributed by atoms with Gasteiger partial charge in [0.25, 0.3) is 0 Å². The molecule has 0 spiro atoms. The van der Waals surface area contributed by atoms with Gasteiger partial charge in [0.2, 0.25) is 5.91 Å². The molecule has 1 N–H and O–H groups in total. The number of thioether (sulfide) groups is 1. The minimum Gasteiger partial charge on any atom is -0.379 e. The number of nitrogens with zero attached hydrogens (tertiary/aromatic N) is 2. The Hall–Kier alpha value is -1.89. The monoisotopic (exact) mass is 371 g/mol. The quantitative estimate of drug-likeness (QED) is 0.773. The van der Waals surface area contributed by atoms with Crippen LogP contribution in [0.15, 0.2) is 48.8 Å². The summed E-state index contributed by atoms with van der Waals surface area (Å²) in [6.07, 6.45) is 3.60. The third kappa shape index (κ3) is 6.12. The highest BCUT2D eigenvalue weighted by molar-refractivity contribution is 7.99. The van der Waals surface area contributed by atoms with Crippen molar-refractivity contribution >= 4 is 17.7 Å². The Bertz CT molecular complexity index is 690. The van der Waals surface area contributed by atoms with Crippen LogP contribution in [-0.2, 0) is 28.4 Å². The molecule has 2 aromatic rings. The van der Waals surface area contributed by atoms with Crippen LogP contribution in [0.4, 0.5) is 0 Å². The molecule has 3 rings (SSSR count). The predicted octanol–water partition coefficient (Wildman–Crippen LogP) is 2.46. The Morgan fingerprint density at radius 3 is 2.73 bits per heavy atom. The van der Waals surface area contributed by atoms with E-state index in [1.54, 1.807) is 18.0 Å². The molecule has 0 atom stereocenters. The zero-order valence-electron chi connectivity index (χ0n) is 14.9. The normalized spacial score (nSPS) is 14.9. The van der Waals surface area contributed by atoms with Crippen molar-refractivity contribution in [1.82, 2.24) is 15.2 Å². The Labute approximate surface area is 159 Å². The average molecular weight is 372 g/mol. The number of carbonyl (C=O) groups excluding carboxylic acids is 1. The maximum absolute atomic E-state index is 12.1. The van der Waals surface area contributed by atoms with E-state index in [9.17, 15) is 4.79 Å². The van der Waals surface area contributed by atoms with Crippen LogP contribution in [0.1, 0.15) is 16.7 Å². The van der Waals surface area contributed by atoms with Gasteiger partial charge in [-0.05, 0) is 22.8 Å². The first-order chi connectivity index (χ1) is 12.8. The van der Waals surface area contributed by atoms with Crippen molar-refractivity contribution in [3.05, 3.63) is 65.5 Å². The third-order valence-corrected chi connectivity index (χ3v) is 5.32. The van der Waals surface area contributed by atoms with E-state index in [4.69, 9.17) is 4.74 Å². The molecule has 1 aromatic carbocycles. The van der Waals surface area contributed by atoms with Crippen LogP contribution in [0.5, 0.6) is 0 Å². The summed E-state index contributed by atoms with van der Waals surface area (Å²) >= 11 is 1.61. The lowest BCUT2D eigenvalue weighted by Gasteiger charge is -2.27. The fourth-order valence-electron chi connectivity index (χ4n) is 2.87. The minimum absolute atomic E-state index is 0.0695. The molecule has 1 aliphatic heterocycles. The summed E-state index contributed by atoms with van der Waals surface area (Å²) in [5.74, 6) is 1.33. The summed E-state index contributed by atoms with van der Waals surface area (Å²) < 4.78 is 5.41. The molecular formula is C20H25N3O2S. The molecule has 0 bridgehead atoms. The van der Waals surface area contributed by atoms with Crippen LogP contribution < -0.4 is 5.32 Å². The number of hydrogen-bond acceptors (Lipinski definition) is 5. The Kier molecular flexibility index (Phi) is 7.49. The molecule has 0 aliphatic carbocycles. The number of benzene rings is 1. The number of nitrogens with one attached hydrogen (secondary N) is 1. The van der Waals surface area contributed by atoms with Crippen LogP contribution in [0, 0.1) is 0 Å². The van der Waals surface area contributed by atoms with Gasteiger partial charge in [-0.15, -0.1) is 11.8 Å². The van der Waals surface area contributed by atoms with Crippen LogP contribution >= 0.6 is 11.8 Å². The largest absolute Gasteiger partial charge is 0.379 e. The lowest BCUT2D eigenvalue weighted by molar-refractivity contribution is -0.118.